The van der Waals surface area contributed by atoms with E-state index in [1.807, 2.05) is 37.1 Å². The van der Waals surface area contributed by atoms with Crippen LogP contribution < -0.4 is 10.1 Å². The highest BCUT2D eigenvalue weighted by molar-refractivity contribution is 14.0. The molecule has 0 fully saturated rings. The number of aliphatic imine (C=N–C) groups is 1. The van der Waals surface area contributed by atoms with Crippen molar-refractivity contribution in [2.24, 2.45) is 4.99 Å². The molecule has 1 aromatic carbocycles. The van der Waals surface area contributed by atoms with Crippen LogP contribution >= 0.6 is 46.9 Å². The lowest BCUT2D eigenvalue weighted by atomic mass is 10.3. The van der Waals surface area contributed by atoms with Gasteiger partial charge in [0, 0.05) is 31.6 Å². The van der Waals surface area contributed by atoms with E-state index in [9.17, 15) is 0 Å². The Hall–Kier alpha value is -1.10. The Morgan fingerprint density at radius 3 is 2.89 bits per heavy atom. The van der Waals surface area contributed by atoms with Crippen LogP contribution in [0.2, 0.25) is 5.02 Å². The summed E-state index contributed by atoms with van der Waals surface area (Å²) in [5.74, 6) is 1.54. The van der Waals surface area contributed by atoms with E-state index in [0.29, 0.717) is 24.7 Å². The monoisotopic (exact) mass is 524 g/mol. The normalized spacial score (nSPS) is 12.3. The van der Waals surface area contributed by atoms with Gasteiger partial charge in [-0.2, -0.15) is 0 Å². The molecule has 9 heteroatoms. The maximum atomic E-state index is 5.95. The summed E-state index contributed by atoms with van der Waals surface area (Å²) in [6, 6.07) is 7.36. The number of aromatic nitrogens is 1. The van der Waals surface area contributed by atoms with Crippen LogP contribution in [-0.2, 0) is 11.3 Å². The fraction of sp³-hybridized carbons (Fsp3) is 0.444. The molecule has 0 spiro atoms. The minimum Gasteiger partial charge on any atom is -0.492 e. The molecule has 2 aromatic rings. The smallest absolute Gasteiger partial charge is 0.193 e. The second-order valence-electron chi connectivity index (χ2n) is 5.69. The van der Waals surface area contributed by atoms with Crippen molar-refractivity contribution >= 4 is 52.9 Å². The zero-order valence-corrected chi connectivity index (χ0v) is 19.8. The van der Waals surface area contributed by atoms with Gasteiger partial charge < -0.3 is 19.7 Å². The van der Waals surface area contributed by atoms with Gasteiger partial charge in [0.1, 0.15) is 23.5 Å². The van der Waals surface area contributed by atoms with Crippen LogP contribution in [-0.4, -0.2) is 50.2 Å². The number of benzene rings is 1. The molecule has 0 aliphatic rings. The maximum Gasteiger partial charge on any atom is 0.193 e. The molecule has 0 amide bonds. The Labute approximate surface area is 187 Å². The Kier molecular flexibility index (Phi) is 11.0. The van der Waals surface area contributed by atoms with E-state index >= 15 is 0 Å². The lowest BCUT2D eigenvalue weighted by Gasteiger charge is -2.21. The van der Waals surface area contributed by atoms with Crippen LogP contribution in [0.3, 0.4) is 0 Å². The molecule has 0 aliphatic carbocycles. The molecule has 0 aliphatic heterocycles. The number of hydrogen-bond acceptors (Lipinski definition) is 5. The van der Waals surface area contributed by atoms with Gasteiger partial charge in [0.2, 0.25) is 0 Å². The van der Waals surface area contributed by atoms with Gasteiger partial charge in [-0.3, -0.25) is 4.99 Å². The van der Waals surface area contributed by atoms with Gasteiger partial charge in [-0.25, -0.2) is 4.98 Å². The molecular formula is C18H26ClIN4O2S. The molecule has 1 N–H and O–H groups in total. The lowest BCUT2D eigenvalue weighted by molar-refractivity contribution is 0.119. The number of ether oxygens (including phenoxy) is 2. The van der Waals surface area contributed by atoms with Crippen molar-refractivity contribution in [1.82, 2.24) is 15.2 Å². The molecule has 150 valence electrons. The number of rotatable bonds is 8. The molecule has 2 rings (SSSR count). The summed E-state index contributed by atoms with van der Waals surface area (Å²) < 4.78 is 11.0. The van der Waals surface area contributed by atoms with Gasteiger partial charge in [0.25, 0.3) is 0 Å². The van der Waals surface area contributed by atoms with Gasteiger partial charge in [-0.15, -0.1) is 35.3 Å². The van der Waals surface area contributed by atoms with E-state index in [0.717, 1.165) is 22.4 Å². The van der Waals surface area contributed by atoms with Crippen molar-refractivity contribution in [1.29, 1.82) is 0 Å². The van der Waals surface area contributed by atoms with Crippen LogP contribution in [0.5, 0.6) is 5.75 Å². The Morgan fingerprint density at radius 1 is 1.44 bits per heavy atom. The molecule has 1 heterocycles. The molecule has 0 saturated heterocycles. The van der Waals surface area contributed by atoms with E-state index in [1.165, 1.54) is 0 Å². The fourth-order valence-electron chi connectivity index (χ4n) is 2.27. The van der Waals surface area contributed by atoms with E-state index < -0.39 is 0 Å². The minimum atomic E-state index is 0. The SMILES string of the molecule is CN=C(NCCOc1cccc(Cl)c1)N(C)Cc1csc(C(C)OC)n1.I. The standard InChI is InChI=1S/C18H25ClN4O2S.HI/c1-13(24-4)17-22-15(12-26-17)11-23(3)18(20-2)21-8-9-25-16-7-5-6-14(19)10-16;/h5-7,10,12-13H,8-9,11H2,1-4H3,(H,20,21);1H. The first-order valence-corrected chi connectivity index (χ1v) is 9.56. The van der Waals surface area contributed by atoms with Crippen molar-refractivity contribution in [2.75, 3.05) is 34.4 Å². The summed E-state index contributed by atoms with van der Waals surface area (Å²) in [6.45, 7) is 3.81. The summed E-state index contributed by atoms with van der Waals surface area (Å²) in [6.07, 6.45) is 0.0140. The molecule has 1 unspecified atom stereocenters. The van der Waals surface area contributed by atoms with Crippen molar-refractivity contribution in [2.45, 2.75) is 19.6 Å². The third kappa shape index (κ3) is 7.81. The summed E-state index contributed by atoms with van der Waals surface area (Å²) in [5, 5.41) is 6.98. The van der Waals surface area contributed by atoms with Crippen LogP contribution in [0.15, 0.2) is 34.6 Å². The zero-order chi connectivity index (χ0) is 18.9. The number of methoxy groups -OCH3 is 1. The summed E-state index contributed by atoms with van der Waals surface area (Å²) in [4.78, 5) is 10.9. The second kappa shape index (κ2) is 12.4. The van der Waals surface area contributed by atoms with Crippen molar-refractivity contribution in [3.05, 3.63) is 45.4 Å². The quantitative estimate of drug-likeness (QED) is 0.243. The van der Waals surface area contributed by atoms with E-state index in [-0.39, 0.29) is 30.1 Å². The third-order valence-corrected chi connectivity index (χ3v) is 4.98. The van der Waals surface area contributed by atoms with Crippen LogP contribution in [0.1, 0.15) is 23.7 Å². The molecule has 0 saturated carbocycles. The highest BCUT2D eigenvalue weighted by Crippen LogP contribution is 2.21. The van der Waals surface area contributed by atoms with Gasteiger partial charge in [-0.1, -0.05) is 17.7 Å². The highest BCUT2D eigenvalue weighted by atomic mass is 127. The lowest BCUT2D eigenvalue weighted by Crippen LogP contribution is -2.40. The topological polar surface area (TPSA) is 59.0 Å². The fourth-order valence-corrected chi connectivity index (χ4v) is 3.30. The highest BCUT2D eigenvalue weighted by Gasteiger charge is 2.12. The molecule has 6 nitrogen and oxygen atoms in total. The first-order chi connectivity index (χ1) is 12.5. The predicted molar refractivity (Wildman–Crippen MR) is 123 cm³/mol. The van der Waals surface area contributed by atoms with Crippen LogP contribution in [0.4, 0.5) is 0 Å². The van der Waals surface area contributed by atoms with E-state index in [1.54, 1.807) is 31.6 Å². The van der Waals surface area contributed by atoms with Crippen LogP contribution in [0, 0.1) is 0 Å². The van der Waals surface area contributed by atoms with Gasteiger partial charge in [0.15, 0.2) is 5.96 Å². The number of thiazole rings is 1. The molecule has 0 bridgehead atoms. The minimum absolute atomic E-state index is 0. The Balaban J connectivity index is 0.00000364. The Morgan fingerprint density at radius 2 is 2.22 bits per heavy atom. The average Bonchev–Trinajstić information content (AvgIpc) is 3.09. The molecular weight excluding hydrogens is 499 g/mol. The van der Waals surface area contributed by atoms with Crippen molar-refractivity contribution < 1.29 is 9.47 Å². The van der Waals surface area contributed by atoms with E-state index in [4.69, 9.17) is 21.1 Å². The summed E-state index contributed by atoms with van der Waals surface area (Å²) in [7, 11) is 5.43. The third-order valence-electron chi connectivity index (χ3n) is 3.69. The van der Waals surface area contributed by atoms with Crippen LogP contribution in [0.25, 0.3) is 0 Å². The summed E-state index contributed by atoms with van der Waals surface area (Å²) in [5.41, 5.74) is 0.995. The Bertz CT molecular complexity index is 729. The largest absolute Gasteiger partial charge is 0.492 e. The molecule has 0 radical (unpaired) electrons. The first-order valence-electron chi connectivity index (χ1n) is 8.30. The number of hydrogen-bond donors (Lipinski definition) is 1. The van der Waals surface area contributed by atoms with Crippen molar-refractivity contribution in [3.63, 3.8) is 0 Å². The van der Waals surface area contributed by atoms with E-state index in [2.05, 4.69) is 20.7 Å². The molecule has 1 aromatic heterocycles. The maximum absolute atomic E-state index is 5.95. The number of nitrogens with zero attached hydrogens (tertiary/aromatic N) is 3. The number of nitrogens with one attached hydrogen (secondary N) is 1. The second-order valence-corrected chi connectivity index (χ2v) is 7.02. The number of halogens is 2. The van der Waals surface area contributed by atoms with Crippen molar-refractivity contribution in [3.8, 4) is 5.75 Å². The molecule has 27 heavy (non-hydrogen) atoms. The predicted octanol–water partition coefficient (Wildman–Crippen LogP) is 4.21. The first kappa shape index (κ1) is 23.9. The molecule has 1 atom stereocenters. The van der Waals surface area contributed by atoms with Gasteiger partial charge in [-0.05, 0) is 25.1 Å². The zero-order valence-electron chi connectivity index (χ0n) is 15.9. The summed E-state index contributed by atoms with van der Waals surface area (Å²) >= 11 is 7.56. The number of guanidine groups is 1. The van der Waals surface area contributed by atoms with Gasteiger partial charge in [0.05, 0.1) is 18.8 Å². The van der Waals surface area contributed by atoms with Gasteiger partial charge >= 0.3 is 0 Å². The average molecular weight is 525 g/mol.